The van der Waals surface area contributed by atoms with Crippen LogP contribution < -0.4 is 0 Å². The number of amides is 1. The summed E-state index contributed by atoms with van der Waals surface area (Å²) in [5.74, 6) is -0.377. The molecule has 0 aliphatic carbocycles. The SMILES string of the molecule is O=C(OCc1ccccc1)[C@H]1CCCN1C(=O)OCc1ccccc1. The van der Waals surface area contributed by atoms with Crippen molar-refractivity contribution in [1.29, 1.82) is 0 Å². The average Bonchev–Trinajstić information content (AvgIpc) is 3.16. The first-order valence-electron chi connectivity index (χ1n) is 8.42. The largest absolute Gasteiger partial charge is 0.459 e. The van der Waals surface area contributed by atoms with Gasteiger partial charge >= 0.3 is 12.1 Å². The molecule has 2 aromatic carbocycles. The van der Waals surface area contributed by atoms with Crippen molar-refractivity contribution in [2.45, 2.75) is 32.1 Å². The molecule has 2 aromatic rings. The second-order valence-corrected chi connectivity index (χ2v) is 5.98. The minimum atomic E-state index is -0.563. The van der Waals surface area contributed by atoms with Crippen LogP contribution in [0.5, 0.6) is 0 Å². The number of rotatable bonds is 5. The van der Waals surface area contributed by atoms with Gasteiger partial charge in [-0.2, -0.15) is 0 Å². The molecule has 0 bridgehead atoms. The maximum absolute atomic E-state index is 12.3. The van der Waals surface area contributed by atoms with Crippen molar-refractivity contribution in [3.8, 4) is 0 Å². The Morgan fingerprint density at radius 2 is 1.44 bits per heavy atom. The van der Waals surface area contributed by atoms with Crippen LogP contribution in [0.25, 0.3) is 0 Å². The van der Waals surface area contributed by atoms with Crippen molar-refractivity contribution in [3.05, 3.63) is 71.8 Å². The topological polar surface area (TPSA) is 55.8 Å². The van der Waals surface area contributed by atoms with E-state index in [0.717, 1.165) is 17.5 Å². The molecule has 3 rings (SSSR count). The van der Waals surface area contributed by atoms with Crippen molar-refractivity contribution in [1.82, 2.24) is 4.90 Å². The number of hydrogen-bond acceptors (Lipinski definition) is 4. The summed E-state index contributed by atoms with van der Waals surface area (Å²) >= 11 is 0. The van der Waals surface area contributed by atoms with Crippen LogP contribution in [0.4, 0.5) is 4.79 Å². The Morgan fingerprint density at radius 1 is 0.880 bits per heavy atom. The van der Waals surface area contributed by atoms with Crippen LogP contribution in [0, 0.1) is 0 Å². The Morgan fingerprint density at radius 3 is 2.04 bits per heavy atom. The summed E-state index contributed by atoms with van der Waals surface area (Å²) < 4.78 is 10.7. The van der Waals surface area contributed by atoms with Gasteiger partial charge in [-0.25, -0.2) is 9.59 Å². The number of esters is 1. The highest BCUT2D eigenvalue weighted by Crippen LogP contribution is 2.20. The second-order valence-electron chi connectivity index (χ2n) is 5.98. The van der Waals surface area contributed by atoms with E-state index in [2.05, 4.69) is 0 Å². The van der Waals surface area contributed by atoms with Gasteiger partial charge in [-0.1, -0.05) is 60.7 Å². The molecule has 0 N–H and O–H groups in total. The van der Waals surface area contributed by atoms with E-state index in [1.54, 1.807) is 0 Å². The highest BCUT2D eigenvalue weighted by molar-refractivity contribution is 5.82. The van der Waals surface area contributed by atoms with E-state index in [1.807, 2.05) is 60.7 Å². The molecule has 1 amide bonds. The van der Waals surface area contributed by atoms with Crippen molar-refractivity contribution < 1.29 is 19.1 Å². The quantitative estimate of drug-likeness (QED) is 0.782. The number of benzene rings is 2. The van der Waals surface area contributed by atoms with Gasteiger partial charge in [0.1, 0.15) is 19.3 Å². The first-order valence-corrected chi connectivity index (χ1v) is 8.42. The van der Waals surface area contributed by atoms with Crippen molar-refractivity contribution in [3.63, 3.8) is 0 Å². The standard InChI is InChI=1S/C20H21NO4/c22-19(24-14-16-8-3-1-4-9-16)18-12-7-13-21(18)20(23)25-15-17-10-5-2-6-11-17/h1-6,8-11,18H,7,12-15H2/t18-/m1/s1. The van der Waals surface area contributed by atoms with Crippen molar-refractivity contribution in [2.24, 2.45) is 0 Å². The predicted octanol–water partition coefficient (Wildman–Crippen LogP) is 3.53. The minimum absolute atomic E-state index is 0.196. The summed E-state index contributed by atoms with van der Waals surface area (Å²) in [5.41, 5.74) is 1.84. The smallest absolute Gasteiger partial charge is 0.410 e. The molecule has 1 fully saturated rings. The summed E-state index contributed by atoms with van der Waals surface area (Å²) in [6.07, 6.45) is 0.905. The van der Waals surface area contributed by atoms with E-state index in [4.69, 9.17) is 9.47 Å². The van der Waals surface area contributed by atoms with Crippen LogP contribution in [-0.4, -0.2) is 29.5 Å². The highest BCUT2D eigenvalue weighted by Gasteiger charge is 2.36. The average molecular weight is 339 g/mol. The molecule has 130 valence electrons. The molecule has 0 saturated carbocycles. The molecule has 1 aliphatic heterocycles. The van der Waals surface area contributed by atoms with E-state index >= 15 is 0 Å². The number of hydrogen-bond donors (Lipinski definition) is 0. The van der Waals surface area contributed by atoms with Gasteiger partial charge in [0.25, 0.3) is 0 Å². The molecular weight excluding hydrogens is 318 g/mol. The van der Waals surface area contributed by atoms with E-state index in [-0.39, 0.29) is 19.2 Å². The molecule has 1 atom stereocenters. The van der Waals surface area contributed by atoms with E-state index in [0.29, 0.717) is 13.0 Å². The monoisotopic (exact) mass is 339 g/mol. The van der Waals surface area contributed by atoms with Crippen LogP contribution in [0.3, 0.4) is 0 Å². The molecule has 0 unspecified atom stereocenters. The van der Waals surface area contributed by atoms with Gasteiger partial charge in [0, 0.05) is 6.54 Å². The first-order chi connectivity index (χ1) is 12.2. The number of ether oxygens (including phenoxy) is 2. The Bertz CT molecular complexity index is 641. The van der Waals surface area contributed by atoms with Gasteiger partial charge in [-0.3, -0.25) is 4.90 Å². The Labute approximate surface area is 147 Å². The molecule has 1 aliphatic rings. The Kier molecular flexibility index (Phi) is 5.67. The second kappa shape index (κ2) is 8.33. The Balaban J connectivity index is 1.52. The molecule has 1 saturated heterocycles. The molecule has 1 heterocycles. The van der Waals surface area contributed by atoms with Crippen LogP contribution in [0.15, 0.2) is 60.7 Å². The zero-order chi connectivity index (χ0) is 17.5. The summed E-state index contributed by atoms with van der Waals surface area (Å²) in [4.78, 5) is 26.1. The molecular formula is C20H21NO4. The van der Waals surface area contributed by atoms with Gasteiger partial charge in [0.2, 0.25) is 0 Å². The van der Waals surface area contributed by atoms with Gasteiger partial charge in [-0.15, -0.1) is 0 Å². The third kappa shape index (κ3) is 4.59. The summed E-state index contributed by atoms with van der Waals surface area (Å²) in [6, 6.07) is 18.4. The third-order valence-electron chi connectivity index (χ3n) is 4.19. The lowest BCUT2D eigenvalue weighted by molar-refractivity contribution is -0.149. The lowest BCUT2D eigenvalue weighted by atomic mass is 10.2. The Hall–Kier alpha value is -2.82. The molecule has 5 nitrogen and oxygen atoms in total. The van der Waals surface area contributed by atoms with Crippen LogP contribution in [-0.2, 0) is 27.5 Å². The maximum atomic E-state index is 12.3. The highest BCUT2D eigenvalue weighted by atomic mass is 16.6. The van der Waals surface area contributed by atoms with Crippen LogP contribution >= 0.6 is 0 Å². The third-order valence-corrected chi connectivity index (χ3v) is 4.19. The maximum Gasteiger partial charge on any atom is 0.410 e. The molecule has 0 radical (unpaired) electrons. The van der Waals surface area contributed by atoms with E-state index in [1.165, 1.54) is 4.90 Å². The van der Waals surface area contributed by atoms with Crippen LogP contribution in [0.2, 0.25) is 0 Å². The van der Waals surface area contributed by atoms with Gasteiger partial charge in [0.15, 0.2) is 0 Å². The normalized spacial score (nSPS) is 16.5. The van der Waals surface area contributed by atoms with Crippen LogP contribution in [0.1, 0.15) is 24.0 Å². The van der Waals surface area contributed by atoms with Gasteiger partial charge < -0.3 is 9.47 Å². The summed E-state index contributed by atoms with van der Waals surface area (Å²) in [6.45, 7) is 0.920. The van der Waals surface area contributed by atoms with E-state index < -0.39 is 12.1 Å². The van der Waals surface area contributed by atoms with Gasteiger partial charge in [0.05, 0.1) is 0 Å². The minimum Gasteiger partial charge on any atom is -0.459 e. The van der Waals surface area contributed by atoms with Gasteiger partial charge in [-0.05, 0) is 24.0 Å². The molecule has 25 heavy (non-hydrogen) atoms. The zero-order valence-corrected chi connectivity index (χ0v) is 14.0. The molecule has 0 spiro atoms. The number of carbonyl (C=O) groups is 2. The summed E-state index contributed by atoms with van der Waals surface area (Å²) in [5, 5.41) is 0. The predicted molar refractivity (Wildman–Crippen MR) is 92.6 cm³/mol. The lowest BCUT2D eigenvalue weighted by Gasteiger charge is -2.22. The van der Waals surface area contributed by atoms with Crippen molar-refractivity contribution in [2.75, 3.05) is 6.54 Å². The fourth-order valence-electron chi connectivity index (χ4n) is 2.86. The number of likely N-dealkylation sites (tertiary alicyclic amines) is 1. The first kappa shape index (κ1) is 17.0. The number of nitrogens with zero attached hydrogens (tertiary/aromatic N) is 1. The number of carbonyl (C=O) groups excluding carboxylic acids is 2. The molecule has 0 aromatic heterocycles. The lowest BCUT2D eigenvalue weighted by Crippen LogP contribution is -2.41. The summed E-state index contributed by atoms with van der Waals surface area (Å²) in [7, 11) is 0. The fourth-order valence-corrected chi connectivity index (χ4v) is 2.86. The zero-order valence-electron chi connectivity index (χ0n) is 14.0. The fraction of sp³-hybridized carbons (Fsp3) is 0.300. The van der Waals surface area contributed by atoms with E-state index in [9.17, 15) is 9.59 Å². The molecule has 5 heteroatoms. The van der Waals surface area contributed by atoms with Crippen molar-refractivity contribution >= 4 is 12.1 Å².